The summed E-state index contributed by atoms with van der Waals surface area (Å²) in [6.45, 7) is 6.74. The summed E-state index contributed by atoms with van der Waals surface area (Å²) in [5.41, 5.74) is 1.80. The van der Waals surface area contributed by atoms with Crippen LogP contribution in [0.2, 0.25) is 0 Å². The quantitative estimate of drug-likeness (QED) is 0.897. The summed E-state index contributed by atoms with van der Waals surface area (Å²) in [5, 5.41) is 3.37. The van der Waals surface area contributed by atoms with Gasteiger partial charge in [-0.2, -0.15) is 0 Å². The number of ether oxygens (including phenoxy) is 1. The molecule has 0 aromatic heterocycles. The van der Waals surface area contributed by atoms with Gasteiger partial charge in [0.2, 0.25) is 0 Å². The van der Waals surface area contributed by atoms with Crippen LogP contribution in [0.1, 0.15) is 38.3 Å². The molecule has 1 aromatic rings. The third-order valence-corrected chi connectivity index (χ3v) is 4.09. The van der Waals surface area contributed by atoms with Crippen molar-refractivity contribution in [1.29, 1.82) is 0 Å². The van der Waals surface area contributed by atoms with Crippen LogP contribution in [0.4, 0.5) is 10.1 Å². The van der Waals surface area contributed by atoms with Gasteiger partial charge in [-0.05, 0) is 37.9 Å². The number of para-hydroxylation sites is 1. The van der Waals surface area contributed by atoms with Crippen molar-refractivity contribution in [2.24, 2.45) is 0 Å². The fourth-order valence-electron chi connectivity index (χ4n) is 2.95. The Balaban J connectivity index is 2.22. The molecule has 0 amide bonds. The van der Waals surface area contributed by atoms with Gasteiger partial charge in [0.25, 0.3) is 0 Å². The van der Waals surface area contributed by atoms with Crippen LogP contribution >= 0.6 is 0 Å². The Morgan fingerprint density at radius 3 is 2.70 bits per heavy atom. The summed E-state index contributed by atoms with van der Waals surface area (Å²) in [4.78, 5) is 2.16. The smallest absolute Gasteiger partial charge is 0.146 e. The standard InChI is InChI=1S/C16H25FN2O/c1-4-18-12(2)14-6-5-7-15(17)16(14)19-10-8-13(20-3)9-11-19/h5-7,12-13,18H,4,8-11H2,1-3H3. The average molecular weight is 280 g/mol. The van der Waals surface area contributed by atoms with Crippen LogP contribution in [0.15, 0.2) is 18.2 Å². The number of benzene rings is 1. The van der Waals surface area contributed by atoms with Crippen molar-refractivity contribution in [2.75, 3.05) is 31.6 Å². The molecule has 1 saturated heterocycles. The number of piperidine rings is 1. The number of methoxy groups -OCH3 is 1. The maximum Gasteiger partial charge on any atom is 0.146 e. The number of anilines is 1. The van der Waals surface area contributed by atoms with E-state index < -0.39 is 0 Å². The Morgan fingerprint density at radius 2 is 2.10 bits per heavy atom. The van der Waals surface area contributed by atoms with E-state index in [1.54, 1.807) is 19.2 Å². The van der Waals surface area contributed by atoms with Crippen molar-refractivity contribution in [1.82, 2.24) is 5.32 Å². The lowest BCUT2D eigenvalue weighted by Gasteiger charge is -2.35. The Kier molecular flexibility index (Phi) is 5.38. The predicted octanol–water partition coefficient (Wildman–Crippen LogP) is 3.11. The molecule has 0 saturated carbocycles. The second-order valence-electron chi connectivity index (χ2n) is 5.38. The van der Waals surface area contributed by atoms with Gasteiger partial charge in [0, 0.05) is 26.2 Å². The van der Waals surface area contributed by atoms with E-state index in [2.05, 4.69) is 24.1 Å². The SMILES string of the molecule is CCNC(C)c1cccc(F)c1N1CCC(OC)CC1. The number of hydrogen-bond donors (Lipinski definition) is 1. The van der Waals surface area contributed by atoms with Crippen molar-refractivity contribution < 1.29 is 9.13 Å². The number of rotatable bonds is 5. The van der Waals surface area contributed by atoms with E-state index in [1.165, 1.54) is 0 Å². The van der Waals surface area contributed by atoms with Crippen molar-refractivity contribution in [3.05, 3.63) is 29.6 Å². The molecule has 1 aliphatic heterocycles. The molecule has 112 valence electrons. The van der Waals surface area contributed by atoms with Gasteiger partial charge < -0.3 is 15.0 Å². The Morgan fingerprint density at radius 1 is 1.40 bits per heavy atom. The van der Waals surface area contributed by atoms with E-state index >= 15 is 0 Å². The van der Waals surface area contributed by atoms with Gasteiger partial charge in [0.15, 0.2) is 0 Å². The second kappa shape index (κ2) is 7.04. The zero-order chi connectivity index (χ0) is 14.5. The maximum atomic E-state index is 14.3. The summed E-state index contributed by atoms with van der Waals surface area (Å²) in [6.07, 6.45) is 2.23. The van der Waals surface area contributed by atoms with Crippen LogP contribution in [0.3, 0.4) is 0 Å². The number of nitrogens with one attached hydrogen (secondary N) is 1. The number of halogens is 1. The monoisotopic (exact) mass is 280 g/mol. The topological polar surface area (TPSA) is 24.5 Å². The summed E-state index contributed by atoms with van der Waals surface area (Å²) in [7, 11) is 1.75. The molecule has 0 spiro atoms. The van der Waals surface area contributed by atoms with E-state index in [1.807, 2.05) is 6.07 Å². The van der Waals surface area contributed by atoms with Crippen LogP contribution in [0.5, 0.6) is 0 Å². The van der Waals surface area contributed by atoms with E-state index in [-0.39, 0.29) is 11.9 Å². The highest BCUT2D eigenvalue weighted by Crippen LogP contribution is 2.31. The third kappa shape index (κ3) is 3.30. The van der Waals surface area contributed by atoms with E-state index in [4.69, 9.17) is 4.74 Å². The zero-order valence-electron chi connectivity index (χ0n) is 12.7. The normalized spacial score (nSPS) is 18.3. The molecule has 1 N–H and O–H groups in total. The minimum atomic E-state index is -0.122. The van der Waals surface area contributed by atoms with Gasteiger partial charge in [-0.25, -0.2) is 4.39 Å². The molecule has 20 heavy (non-hydrogen) atoms. The largest absolute Gasteiger partial charge is 0.381 e. The molecule has 1 fully saturated rings. The summed E-state index contributed by atoms with van der Waals surface area (Å²) in [6, 6.07) is 5.53. The highest BCUT2D eigenvalue weighted by atomic mass is 19.1. The van der Waals surface area contributed by atoms with Crippen LogP contribution < -0.4 is 10.2 Å². The lowest BCUT2D eigenvalue weighted by Crippen LogP contribution is -2.38. The third-order valence-electron chi connectivity index (χ3n) is 4.09. The first-order valence-electron chi connectivity index (χ1n) is 7.46. The van der Waals surface area contributed by atoms with E-state index in [0.29, 0.717) is 6.10 Å². The van der Waals surface area contributed by atoms with Gasteiger partial charge in [0.1, 0.15) is 5.82 Å². The summed E-state index contributed by atoms with van der Waals surface area (Å²) < 4.78 is 19.7. The second-order valence-corrected chi connectivity index (χ2v) is 5.38. The molecule has 0 bridgehead atoms. The Hall–Kier alpha value is -1.13. The molecule has 1 atom stereocenters. The fourth-order valence-corrected chi connectivity index (χ4v) is 2.95. The van der Waals surface area contributed by atoms with Crippen LogP contribution in [-0.2, 0) is 4.74 Å². The molecule has 1 unspecified atom stereocenters. The highest BCUT2D eigenvalue weighted by Gasteiger charge is 2.24. The number of nitrogens with zero attached hydrogens (tertiary/aromatic N) is 1. The summed E-state index contributed by atoms with van der Waals surface area (Å²) >= 11 is 0. The van der Waals surface area contributed by atoms with Gasteiger partial charge >= 0.3 is 0 Å². The first-order valence-corrected chi connectivity index (χ1v) is 7.46. The Labute approximate surface area is 121 Å². The minimum Gasteiger partial charge on any atom is -0.381 e. The van der Waals surface area contributed by atoms with Gasteiger partial charge in [-0.3, -0.25) is 0 Å². The molecule has 1 aliphatic rings. The lowest BCUT2D eigenvalue weighted by atomic mass is 10.0. The predicted molar refractivity (Wildman–Crippen MR) is 80.7 cm³/mol. The summed E-state index contributed by atoms with van der Waals surface area (Å²) in [5.74, 6) is -0.122. The molecule has 0 radical (unpaired) electrons. The van der Waals surface area contributed by atoms with Gasteiger partial charge in [-0.1, -0.05) is 19.1 Å². The maximum absolute atomic E-state index is 14.3. The van der Waals surface area contributed by atoms with Crippen LogP contribution in [0.25, 0.3) is 0 Å². The first kappa shape index (κ1) is 15.3. The van der Waals surface area contributed by atoms with Crippen molar-refractivity contribution >= 4 is 5.69 Å². The van der Waals surface area contributed by atoms with Crippen molar-refractivity contribution in [2.45, 2.75) is 38.8 Å². The fraction of sp³-hybridized carbons (Fsp3) is 0.625. The molecule has 0 aliphatic carbocycles. The van der Waals surface area contributed by atoms with Crippen LogP contribution in [-0.4, -0.2) is 32.8 Å². The zero-order valence-corrected chi connectivity index (χ0v) is 12.7. The highest BCUT2D eigenvalue weighted by molar-refractivity contribution is 5.56. The molecular formula is C16H25FN2O. The lowest BCUT2D eigenvalue weighted by molar-refractivity contribution is 0.0817. The van der Waals surface area contributed by atoms with Crippen molar-refractivity contribution in [3.63, 3.8) is 0 Å². The molecular weight excluding hydrogens is 255 g/mol. The van der Waals surface area contributed by atoms with Gasteiger partial charge in [-0.15, -0.1) is 0 Å². The molecule has 3 nitrogen and oxygen atoms in total. The van der Waals surface area contributed by atoms with E-state index in [9.17, 15) is 4.39 Å². The Bertz CT molecular complexity index is 430. The molecule has 4 heteroatoms. The van der Waals surface area contributed by atoms with Crippen LogP contribution in [0, 0.1) is 5.82 Å². The average Bonchev–Trinajstić information content (AvgIpc) is 2.47. The first-order chi connectivity index (χ1) is 9.67. The van der Waals surface area contributed by atoms with E-state index in [0.717, 1.165) is 43.7 Å². The number of hydrogen-bond acceptors (Lipinski definition) is 3. The van der Waals surface area contributed by atoms with Gasteiger partial charge in [0.05, 0.1) is 11.8 Å². The van der Waals surface area contributed by atoms with Crippen molar-refractivity contribution in [3.8, 4) is 0 Å². The minimum absolute atomic E-state index is 0.122. The molecule has 1 heterocycles. The molecule has 2 rings (SSSR count). The molecule has 1 aromatic carbocycles.